The van der Waals surface area contributed by atoms with Crippen LogP contribution in [0.15, 0.2) is 23.4 Å². The van der Waals surface area contributed by atoms with Crippen molar-refractivity contribution in [1.29, 1.82) is 0 Å². The van der Waals surface area contributed by atoms with E-state index in [-0.39, 0.29) is 17.8 Å². The van der Waals surface area contributed by atoms with E-state index in [9.17, 15) is 4.79 Å². The van der Waals surface area contributed by atoms with Gasteiger partial charge in [0.2, 0.25) is 0 Å². The van der Waals surface area contributed by atoms with Crippen molar-refractivity contribution in [3.8, 4) is 5.75 Å². The second-order valence-electron chi connectivity index (χ2n) is 4.87. The van der Waals surface area contributed by atoms with Crippen LogP contribution in [0.1, 0.15) is 25.3 Å². The Labute approximate surface area is 122 Å². The van der Waals surface area contributed by atoms with Crippen LogP contribution < -0.4 is 15.8 Å². The maximum absolute atomic E-state index is 12.3. The Morgan fingerprint density at radius 1 is 1.52 bits per heavy atom. The molecule has 114 valence electrons. The van der Waals surface area contributed by atoms with Crippen LogP contribution in [0, 0.1) is 0 Å². The number of nitrogens with two attached hydrogens (primary N) is 1. The summed E-state index contributed by atoms with van der Waals surface area (Å²) in [6.45, 7) is 1.93. The van der Waals surface area contributed by atoms with Gasteiger partial charge in [-0.2, -0.15) is 0 Å². The number of benzene rings is 1. The van der Waals surface area contributed by atoms with Gasteiger partial charge in [0.05, 0.1) is 18.9 Å². The Bertz CT molecular complexity index is 559. The second-order valence-corrected chi connectivity index (χ2v) is 4.87. The third-order valence-electron chi connectivity index (χ3n) is 3.40. The number of amidine groups is 1. The van der Waals surface area contributed by atoms with Crippen LogP contribution in [0.25, 0.3) is 0 Å². The largest absolute Gasteiger partial charge is 0.495 e. The molecule has 0 saturated carbocycles. The van der Waals surface area contributed by atoms with E-state index in [2.05, 4.69) is 10.5 Å². The van der Waals surface area contributed by atoms with Crippen molar-refractivity contribution in [1.82, 2.24) is 0 Å². The first-order chi connectivity index (χ1) is 10.1. The van der Waals surface area contributed by atoms with Gasteiger partial charge in [0.25, 0.3) is 5.91 Å². The third-order valence-corrected chi connectivity index (χ3v) is 3.40. The van der Waals surface area contributed by atoms with Crippen molar-refractivity contribution in [2.24, 2.45) is 10.9 Å². The number of hydrogen-bond donors (Lipinski definition) is 3. The average Bonchev–Trinajstić information content (AvgIpc) is 2.93. The van der Waals surface area contributed by atoms with Gasteiger partial charge >= 0.3 is 0 Å². The number of oxime groups is 1. The number of nitrogens with one attached hydrogen (secondary N) is 1. The zero-order valence-corrected chi connectivity index (χ0v) is 12.0. The smallest absolute Gasteiger partial charge is 0.253 e. The lowest BCUT2D eigenvalue weighted by Gasteiger charge is -2.16. The number of para-hydroxylation sites is 1. The highest BCUT2D eigenvalue weighted by molar-refractivity contribution is 6.07. The van der Waals surface area contributed by atoms with E-state index in [1.807, 2.05) is 6.92 Å². The number of anilines is 1. The molecule has 1 amide bonds. The van der Waals surface area contributed by atoms with E-state index in [1.54, 1.807) is 18.2 Å². The number of methoxy groups -OCH3 is 1. The molecular weight excluding hydrogens is 274 g/mol. The molecule has 1 fully saturated rings. The van der Waals surface area contributed by atoms with E-state index in [0.717, 1.165) is 6.42 Å². The number of carbonyl (C=O) groups excluding carboxylic acids is 1. The molecule has 2 unspecified atom stereocenters. The van der Waals surface area contributed by atoms with Gasteiger partial charge in [0, 0.05) is 5.56 Å². The zero-order valence-electron chi connectivity index (χ0n) is 12.0. The van der Waals surface area contributed by atoms with Gasteiger partial charge in [-0.1, -0.05) is 11.2 Å². The fraction of sp³-hybridized carbons (Fsp3) is 0.429. The molecule has 2 atom stereocenters. The summed E-state index contributed by atoms with van der Waals surface area (Å²) in [4.78, 5) is 12.3. The molecular formula is C14H19N3O4. The molecule has 1 aromatic rings. The molecule has 1 aromatic carbocycles. The number of ether oxygens (including phenoxy) is 2. The normalized spacial score (nSPS) is 22.1. The monoisotopic (exact) mass is 293 g/mol. The van der Waals surface area contributed by atoms with Gasteiger partial charge in [-0.15, -0.1) is 0 Å². The summed E-state index contributed by atoms with van der Waals surface area (Å²) < 4.78 is 10.7. The molecule has 0 bridgehead atoms. The molecule has 7 nitrogen and oxygen atoms in total. The summed E-state index contributed by atoms with van der Waals surface area (Å²) in [6, 6.07) is 5.00. The Morgan fingerprint density at radius 3 is 2.86 bits per heavy atom. The number of nitrogens with zero attached hydrogens (tertiary/aromatic N) is 1. The molecule has 1 saturated heterocycles. The summed E-state index contributed by atoms with van der Waals surface area (Å²) in [5.41, 5.74) is 6.38. The molecule has 0 aliphatic carbocycles. The number of hydrogen-bond acceptors (Lipinski definition) is 5. The van der Waals surface area contributed by atoms with E-state index < -0.39 is 6.10 Å². The quantitative estimate of drug-likeness (QED) is 0.336. The van der Waals surface area contributed by atoms with Gasteiger partial charge in [-0.25, -0.2) is 0 Å². The molecule has 21 heavy (non-hydrogen) atoms. The minimum Gasteiger partial charge on any atom is -0.495 e. The van der Waals surface area contributed by atoms with Crippen molar-refractivity contribution in [3.63, 3.8) is 0 Å². The van der Waals surface area contributed by atoms with Gasteiger partial charge in [-0.3, -0.25) is 4.79 Å². The summed E-state index contributed by atoms with van der Waals surface area (Å²) in [5.74, 6) is 0.0549. The molecule has 2 rings (SSSR count). The first-order valence-electron chi connectivity index (χ1n) is 6.68. The second kappa shape index (κ2) is 6.45. The maximum atomic E-state index is 12.3. The highest BCUT2D eigenvalue weighted by atomic mass is 16.5. The minimum atomic E-state index is -0.495. The molecule has 4 N–H and O–H groups in total. The van der Waals surface area contributed by atoms with Crippen molar-refractivity contribution in [2.45, 2.75) is 32.0 Å². The van der Waals surface area contributed by atoms with Crippen molar-refractivity contribution in [3.05, 3.63) is 23.8 Å². The van der Waals surface area contributed by atoms with Crippen molar-refractivity contribution < 1.29 is 19.5 Å². The van der Waals surface area contributed by atoms with Gasteiger partial charge in [0.1, 0.15) is 11.9 Å². The number of carbonyl (C=O) groups is 1. The van der Waals surface area contributed by atoms with Crippen LogP contribution in [-0.4, -0.2) is 36.3 Å². The fourth-order valence-corrected chi connectivity index (χ4v) is 2.30. The van der Waals surface area contributed by atoms with Gasteiger partial charge < -0.3 is 25.7 Å². The van der Waals surface area contributed by atoms with Crippen LogP contribution in [-0.2, 0) is 9.53 Å². The highest BCUT2D eigenvalue weighted by Crippen LogP contribution is 2.29. The van der Waals surface area contributed by atoms with Crippen LogP contribution >= 0.6 is 0 Å². The highest BCUT2D eigenvalue weighted by Gasteiger charge is 2.29. The summed E-state index contributed by atoms with van der Waals surface area (Å²) in [6.07, 6.45) is 1.09. The molecule has 1 aliphatic rings. The first-order valence-corrected chi connectivity index (χ1v) is 6.68. The van der Waals surface area contributed by atoms with Gasteiger partial charge in [-0.05, 0) is 31.9 Å². The zero-order chi connectivity index (χ0) is 15.4. The Morgan fingerprint density at radius 2 is 2.29 bits per heavy atom. The topological polar surface area (TPSA) is 106 Å². The van der Waals surface area contributed by atoms with Crippen LogP contribution in [0.2, 0.25) is 0 Å². The summed E-state index contributed by atoms with van der Waals surface area (Å²) in [5, 5.41) is 14.6. The molecule has 0 spiro atoms. The first kappa shape index (κ1) is 15.1. The molecule has 0 aromatic heterocycles. The van der Waals surface area contributed by atoms with E-state index in [0.29, 0.717) is 23.4 Å². The molecule has 7 heteroatoms. The Balaban J connectivity index is 2.27. The van der Waals surface area contributed by atoms with Crippen LogP contribution in [0.4, 0.5) is 5.69 Å². The Kier molecular flexibility index (Phi) is 4.64. The lowest BCUT2D eigenvalue weighted by Crippen LogP contribution is -2.29. The molecule has 0 radical (unpaired) electrons. The molecule has 1 heterocycles. The fourth-order valence-electron chi connectivity index (χ4n) is 2.30. The van der Waals surface area contributed by atoms with E-state index in [1.165, 1.54) is 7.11 Å². The summed E-state index contributed by atoms with van der Waals surface area (Å²) >= 11 is 0. The number of rotatable bonds is 4. The van der Waals surface area contributed by atoms with Gasteiger partial charge in [0.15, 0.2) is 5.84 Å². The van der Waals surface area contributed by atoms with Crippen LogP contribution in [0.3, 0.4) is 0 Å². The van der Waals surface area contributed by atoms with E-state index >= 15 is 0 Å². The molecule has 1 aliphatic heterocycles. The van der Waals surface area contributed by atoms with Crippen LogP contribution in [0.5, 0.6) is 5.75 Å². The lowest BCUT2D eigenvalue weighted by atomic mass is 10.1. The standard InChI is InChI=1S/C14H19N3O4/c1-8-6-7-11(21-8)14(18)16-12-9(13(15)17-19)4-3-5-10(12)20-2/h3-5,8,11,19H,6-7H2,1-2H3,(H2,15,17)(H,16,18). The maximum Gasteiger partial charge on any atom is 0.253 e. The summed E-state index contributed by atoms with van der Waals surface area (Å²) in [7, 11) is 1.48. The minimum absolute atomic E-state index is 0.0713. The SMILES string of the molecule is COc1cccc(/C(N)=N/O)c1NC(=O)C1CCC(C)O1. The van der Waals surface area contributed by atoms with Crippen molar-refractivity contribution in [2.75, 3.05) is 12.4 Å². The number of amides is 1. The lowest BCUT2D eigenvalue weighted by molar-refractivity contribution is -0.126. The third kappa shape index (κ3) is 3.25. The predicted octanol–water partition coefficient (Wildman–Crippen LogP) is 1.30. The van der Waals surface area contributed by atoms with E-state index in [4.69, 9.17) is 20.4 Å². The van der Waals surface area contributed by atoms with Crippen molar-refractivity contribution >= 4 is 17.4 Å². The predicted molar refractivity (Wildman–Crippen MR) is 77.7 cm³/mol. The average molecular weight is 293 g/mol. The Hall–Kier alpha value is -2.28.